The highest BCUT2D eigenvalue weighted by molar-refractivity contribution is 7.78. The van der Waals surface area contributed by atoms with Crippen LogP contribution in [0.3, 0.4) is 0 Å². The summed E-state index contributed by atoms with van der Waals surface area (Å²) in [4.78, 5) is 15.5. The van der Waals surface area contributed by atoms with Crippen molar-refractivity contribution in [3.05, 3.63) is 59.7 Å². The molecule has 0 heterocycles. The molecule has 0 aliphatic rings. The molecule has 0 unspecified atom stereocenters. The van der Waals surface area contributed by atoms with Crippen molar-refractivity contribution in [1.29, 1.82) is 0 Å². The third-order valence-corrected chi connectivity index (χ3v) is 3.25. The zero-order chi connectivity index (χ0) is 17.4. The Morgan fingerprint density at radius 1 is 1.17 bits per heavy atom. The molecule has 24 heavy (non-hydrogen) atoms. The number of esters is 1. The largest absolute Gasteiger partial charge is 0.504 e. The number of rotatable bonds is 6. The van der Waals surface area contributed by atoms with E-state index in [1.165, 1.54) is 24.3 Å². The number of carbonyl (C=O) groups is 1. The number of aliphatic imine (C=N–C) groups is 1. The number of carbonyl (C=O) groups excluding carboxylic acids is 1. The fraction of sp³-hybridized carbons (Fsp3) is 0.111. The predicted molar refractivity (Wildman–Crippen MR) is 94.6 cm³/mol. The number of hydrogen-bond acceptors (Lipinski definition) is 6. The maximum atomic E-state index is 11.6. The molecule has 2 aromatic rings. The first-order valence-corrected chi connectivity index (χ1v) is 7.53. The van der Waals surface area contributed by atoms with Crippen LogP contribution in [0.1, 0.15) is 11.1 Å². The third-order valence-electron chi connectivity index (χ3n) is 3.16. The Balaban J connectivity index is 1.81. The van der Waals surface area contributed by atoms with Crippen LogP contribution in [0.15, 0.2) is 53.5 Å². The van der Waals surface area contributed by atoms with Gasteiger partial charge in [0.1, 0.15) is 0 Å². The summed E-state index contributed by atoms with van der Waals surface area (Å²) in [5.74, 6) is -0.937. The van der Waals surface area contributed by atoms with Gasteiger partial charge in [0.2, 0.25) is 0 Å². The maximum Gasteiger partial charge on any atom is 0.330 e. The van der Waals surface area contributed by atoms with Crippen LogP contribution >= 0.6 is 12.2 Å². The van der Waals surface area contributed by atoms with Crippen LogP contribution < -0.4 is 0 Å². The molecule has 0 atom stereocenters. The molecule has 0 aliphatic carbocycles. The highest BCUT2D eigenvalue weighted by Gasteiger charge is 2.01. The van der Waals surface area contributed by atoms with Crippen molar-refractivity contribution >= 4 is 35.1 Å². The monoisotopic (exact) mass is 341 g/mol. The SMILES string of the molecule is O=C(/C=C/c1ccc(O)c(O)c1)OCCc1ccc(N=C=S)cc1. The van der Waals surface area contributed by atoms with Gasteiger partial charge < -0.3 is 14.9 Å². The Morgan fingerprint density at radius 3 is 2.58 bits per heavy atom. The molecule has 2 N–H and O–H groups in total. The number of phenolic OH excluding ortho intramolecular Hbond substituents is 2. The van der Waals surface area contributed by atoms with Crippen LogP contribution in [0.2, 0.25) is 0 Å². The summed E-state index contributed by atoms with van der Waals surface area (Å²) in [6, 6.07) is 11.7. The van der Waals surface area contributed by atoms with E-state index >= 15 is 0 Å². The number of hydrogen-bond donors (Lipinski definition) is 2. The van der Waals surface area contributed by atoms with E-state index in [1.807, 2.05) is 24.3 Å². The second kappa shape index (κ2) is 8.62. The summed E-state index contributed by atoms with van der Waals surface area (Å²) in [5.41, 5.74) is 2.32. The molecule has 0 saturated carbocycles. The molecule has 2 rings (SSSR count). The summed E-state index contributed by atoms with van der Waals surface area (Å²) in [6.07, 6.45) is 3.35. The Labute approximate surface area is 144 Å². The molecule has 122 valence electrons. The van der Waals surface area contributed by atoms with E-state index in [0.717, 1.165) is 11.3 Å². The van der Waals surface area contributed by atoms with Crippen LogP contribution in [-0.2, 0) is 16.0 Å². The van der Waals surface area contributed by atoms with Crippen LogP contribution in [-0.4, -0.2) is 28.0 Å². The van der Waals surface area contributed by atoms with Crippen molar-refractivity contribution < 1.29 is 19.7 Å². The standard InChI is InChI=1S/C18H15NO4S/c20-16-7-3-14(11-17(16)21)4-8-18(22)23-10-9-13-1-5-15(6-2-13)19-12-24/h1-8,11,20-21H,9-10H2/b8-4+. The minimum Gasteiger partial charge on any atom is -0.504 e. The topological polar surface area (TPSA) is 79.1 Å². The molecule has 6 heteroatoms. The van der Waals surface area contributed by atoms with Gasteiger partial charge >= 0.3 is 5.97 Å². The van der Waals surface area contributed by atoms with Crippen LogP contribution in [0.25, 0.3) is 6.08 Å². The number of nitrogens with zero attached hydrogens (tertiary/aromatic N) is 1. The molecular formula is C18H15NO4S. The molecule has 0 aliphatic heterocycles. The Kier molecular flexibility index (Phi) is 6.25. The summed E-state index contributed by atoms with van der Waals surface area (Å²) < 4.78 is 5.11. The van der Waals surface area contributed by atoms with Crippen molar-refractivity contribution in [3.8, 4) is 11.5 Å². The Morgan fingerprint density at radius 2 is 1.92 bits per heavy atom. The van der Waals surface area contributed by atoms with Gasteiger partial charge in [0, 0.05) is 12.5 Å². The molecule has 0 aromatic heterocycles. The average Bonchev–Trinajstić information content (AvgIpc) is 2.58. The van der Waals surface area contributed by atoms with Crippen molar-refractivity contribution in [2.45, 2.75) is 6.42 Å². The van der Waals surface area contributed by atoms with E-state index in [1.54, 1.807) is 6.07 Å². The summed E-state index contributed by atoms with van der Waals surface area (Å²) in [5, 5.41) is 20.9. The fourth-order valence-electron chi connectivity index (χ4n) is 1.92. The van der Waals surface area contributed by atoms with Gasteiger partial charge in [-0.1, -0.05) is 18.2 Å². The van der Waals surface area contributed by atoms with Crippen LogP contribution in [0.4, 0.5) is 5.69 Å². The number of phenols is 2. The molecular weight excluding hydrogens is 326 g/mol. The Hall–Kier alpha value is -2.95. The predicted octanol–water partition coefficient (Wildman–Crippen LogP) is 3.63. The second-order valence-corrected chi connectivity index (χ2v) is 5.05. The number of thiocarbonyl (C=S) groups is 1. The van der Waals surface area contributed by atoms with Gasteiger partial charge in [-0.15, -0.1) is 0 Å². The molecule has 0 saturated heterocycles. The molecule has 5 nitrogen and oxygen atoms in total. The van der Waals surface area contributed by atoms with Gasteiger partial charge in [-0.3, -0.25) is 0 Å². The van der Waals surface area contributed by atoms with Gasteiger partial charge in [0.25, 0.3) is 0 Å². The smallest absolute Gasteiger partial charge is 0.330 e. The van der Waals surface area contributed by atoms with Crippen LogP contribution in [0.5, 0.6) is 11.5 Å². The highest BCUT2D eigenvalue weighted by Crippen LogP contribution is 2.25. The maximum absolute atomic E-state index is 11.6. The van der Waals surface area contributed by atoms with Crippen LogP contribution in [0, 0.1) is 0 Å². The Bertz CT molecular complexity index is 793. The first kappa shape index (κ1) is 17.4. The lowest BCUT2D eigenvalue weighted by Crippen LogP contribution is -2.04. The summed E-state index contributed by atoms with van der Waals surface area (Å²) >= 11 is 4.53. The van der Waals surface area contributed by atoms with Crippen molar-refractivity contribution in [2.75, 3.05) is 6.61 Å². The minimum absolute atomic E-state index is 0.211. The summed E-state index contributed by atoms with van der Waals surface area (Å²) in [6.45, 7) is 0.250. The number of isothiocyanates is 1. The summed E-state index contributed by atoms with van der Waals surface area (Å²) in [7, 11) is 0. The highest BCUT2D eigenvalue weighted by atomic mass is 32.1. The number of ether oxygens (including phenoxy) is 1. The normalized spacial score (nSPS) is 10.3. The molecule has 0 spiro atoms. The van der Waals surface area contributed by atoms with Gasteiger partial charge in [-0.25, -0.2) is 4.79 Å². The zero-order valence-corrected chi connectivity index (χ0v) is 13.5. The van der Waals surface area contributed by atoms with Crippen molar-refractivity contribution in [2.24, 2.45) is 4.99 Å². The van der Waals surface area contributed by atoms with E-state index in [2.05, 4.69) is 22.4 Å². The average molecular weight is 341 g/mol. The fourth-order valence-corrected chi connectivity index (χ4v) is 2.02. The first-order chi connectivity index (χ1) is 11.6. The molecule has 0 bridgehead atoms. The lowest BCUT2D eigenvalue weighted by atomic mass is 10.1. The molecule has 0 amide bonds. The lowest BCUT2D eigenvalue weighted by Gasteiger charge is -2.03. The van der Waals surface area contributed by atoms with E-state index in [0.29, 0.717) is 12.0 Å². The second-order valence-electron chi connectivity index (χ2n) is 4.87. The minimum atomic E-state index is -0.482. The first-order valence-electron chi connectivity index (χ1n) is 7.12. The quantitative estimate of drug-likeness (QED) is 0.276. The molecule has 0 fully saturated rings. The van der Waals surface area contributed by atoms with Crippen molar-refractivity contribution in [1.82, 2.24) is 0 Å². The van der Waals surface area contributed by atoms with E-state index in [4.69, 9.17) is 4.74 Å². The van der Waals surface area contributed by atoms with Gasteiger partial charge in [-0.2, -0.15) is 4.99 Å². The lowest BCUT2D eigenvalue weighted by molar-refractivity contribution is -0.137. The van der Waals surface area contributed by atoms with E-state index < -0.39 is 5.97 Å². The van der Waals surface area contributed by atoms with E-state index in [9.17, 15) is 15.0 Å². The van der Waals surface area contributed by atoms with Gasteiger partial charge in [0.15, 0.2) is 11.5 Å². The number of aromatic hydroxyl groups is 2. The molecule has 2 aromatic carbocycles. The van der Waals surface area contributed by atoms with Gasteiger partial charge in [0.05, 0.1) is 17.5 Å². The molecule has 0 radical (unpaired) electrons. The van der Waals surface area contributed by atoms with Crippen molar-refractivity contribution in [3.63, 3.8) is 0 Å². The number of benzene rings is 2. The third kappa shape index (κ3) is 5.35. The zero-order valence-electron chi connectivity index (χ0n) is 12.7. The van der Waals surface area contributed by atoms with Gasteiger partial charge in [-0.05, 0) is 53.7 Å². The van der Waals surface area contributed by atoms with E-state index in [-0.39, 0.29) is 18.1 Å².